The molecule has 7 nitrogen and oxygen atoms in total. The zero-order valence-electron chi connectivity index (χ0n) is 18.1. The molecule has 1 saturated heterocycles. The van der Waals surface area contributed by atoms with Gasteiger partial charge in [0.15, 0.2) is 0 Å². The highest BCUT2D eigenvalue weighted by Crippen LogP contribution is 2.20. The van der Waals surface area contributed by atoms with Crippen LogP contribution >= 0.6 is 0 Å². The lowest BCUT2D eigenvalue weighted by atomic mass is 10.2. The van der Waals surface area contributed by atoms with Gasteiger partial charge in [0, 0.05) is 50.6 Å². The van der Waals surface area contributed by atoms with Gasteiger partial charge in [0.1, 0.15) is 5.82 Å². The Kier molecular flexibility index (Phi) is 7.17. The molecule has 168 valence electrons. The second-order valence-electron chi connectivity index (χ2n) is 7.84. The first-order chi connectivity index (χ1) is 14.7. The summed E-state index contributed by atoms with van der Waals surface area (Å²) in [4.78, 5) is 16.7. The van der Waals surface area contributed by atoms with Gasteiger partial charge in [0.05, 0.1) is 11.4 Å². The quantitative estimate of drug-likeness (QED) is 0.705. The molecule has 9 heteroatoms. The predicted molar refractivity (Wildman–Crippen MR) is 120 cm³/mol. The fourth-order valence-electron chi connectivity index (χ4n) is 3.34. The Bertz CT molecular complexity index is 986. The summed E-state index contributed by atoms with van der Waals surface area (Å²) in [6, 6.07) is 12.7. The van der Waals surface area contributed by atoms with Crippen molar-refractivity contribution in [1.82, 2.24) is 9.21 Å². The van der Waals surface area contributed by atoms with E-state index in [4.69, 9.17) is 0 Å². The van der Waals surface area contributed by atoms with Crippen molar-refractivity contribution < 1.29 is 17.6 Å². The molecule has 1 N–H and O–H groups in total. The molecular formula is C22H29FN4O3S. The third kappa shape index (κ3) is 5.54. The lowest BCUT2D eigenvalue weighted by molar-refractivity contribution is -0.129. The Hall–Kier alpha value is -2.65. The van der Waals surface area contributed by atoms with Gasteiger partial charge in [-0.15, -0.1) is 0 Å². The van der Waals surface area contributed by atoms with E-state index in [1.54, 1.807) is 48.3 Å². The van der Waals surface area contributed by atoms with E-state index in [9.17, 15) is 17.6 Å². The van der Waals surface area contributed by atoms with E-state index in [1.165, 1.54) is 16.4 Å². The van der Waals surface area contributed by atoms with Crippen molar-refractivity contribution in [3.05, 3.63) is 54.3 Å². The normalized spacial score (nSPS) is 14.9. The maximum Gasteiger partial charge on any atom is 0.243 e. The van der Waals surface area contributed by atoms with Crippen molar-refractivity contribution in [3.63, 3.8) is 0 Å². The Balaban J connectivity index is 1.50. The molecule has 0 aromatic heterocycles. The summed E-state index contributed by atoms with van der Waals surface area (Å²) in [5.74, 6) is -0.281. The third-order valence-corrected chi connectivity index (χ3v) is 7.57. The monoisotopic (exact) mass is 448 g/mol. The van der Waals surface area contributed by atoms with E-state index in [0.717, 1.165) is 5.69 Å². The van der Waals surface area contributed by atoms with E-state index < -0.39 is 10.0 Å². The van der Waals surface area contributed by atoms with Crippen LogP contribution in [-0.2, 0) is 14.8 Å². The van der Waals surface area contributed by atoms with Crippen molar-refractivity contribution >= 4 is 27.3 Å². The molecule has 0 unspecified atom stereocenters. The minimum Gasteiger partial charge on any atom is -0.376 e. The number of hydrogen-bond donors (Lipinski definition) is 1. The van der Waals surface area contributed by atoms with Crippen molar-refractivity contribution in [2.45, 2.75) is 24.8 Å². The second kappa shape index (κ2) is 9.65. The Morgan fingerprint density at radius 3 is 2.16 bits per heavy atom. The van der Waals surface area contributed by atoms with Crippen LogP contribution in [0, 0.1) is 5.82 Å². The van der Waals surface area contributed by atoms with Crippen LogP contribution < -0.4 is 10.2 Å². The number of halogens is 1. The van der Waals surface area contributed by atoms with Crippen molar-refractivity contribution in [2.24, 2.45) is 0 Å². The number of anilines is 2. The zero-order valence-corrected chi connectivity index (χ0v) is 18.9. The average Bonchev–Trinajstić information content (AvgIpc) is 2.77. The SMILES string of the molecule is CC(C)N(C)S(=O)(=O)c1ccc(NCC(=O)N2CCN(c3ccc(F)cc3)CC2)cc1. The molecule has 1 aliphatic rings. The summed E-state index contributed by atoms with van der Waals surface area (Å²) in [5, 5.41) is 3.07. The highest BCUT2D eigenvalue weighted by atomic mass is 32.2. The number of rotatable bonds is 7. The molecule has 3 rings (SSSR count). The lowest BCUT2D eigenvalue weighted by Gasteiger charge is -2.36. The minimum absolute atomic E-state index is 0.0185. The number of hydrogen-bond acceptors (Lipinski definition) is 5. The van der Waals surface area contributed by atoms with Crippen LogP contribution in [0.15, 0.2) is 53.4 Å². The topological polar surface area (TPSA) is 73.0 Å². The first-order valence-corrected chi connectivity index (χ1v) is 11.7. The molecule has 31 heavy (non-hydrogen) atoms. The van der Waals surface area contributed by atoms with Crippen LogP contribution in [-0.4, -0.2) is 69.3 Å². The highest BCUT2D eigenvalue weighted by Gasteiger charge is 2.23. The number of carbonyl (C=O) groups is 1. The second-order valence-corrected chi connectivity index (χ2v) is 9.83. The van der Waals surface area contributed by atoms with Gasteiger partial charge in [-0.05, 0) is 62.4 Å². The van der Waals surface area contributed by atoms with E-state index in [1.807, 2.05) is 13.8 Å². The maximum atomic E-state index is 13.1. The van der Waals surface area contributed by atoms with Crippen LogP contribution in [0.1, 0.15) is 13.8 Å². The van der Waals surface area contributed by atoms with E-state index >= 15 is 0 Å². The summed E-state index contributed by atoms with van der Waals surface area (Å²) < 4.78 is 39.5. The molecule has 1 heterocycles. The van der Waals surface area contributed by atoms with Crippen molar-refractivity contribution in [3.8, 4) is 0 Å². The van der Waals surface area contributed by atoms with Crippen LogP contribution in [0.2, 0.25) is 0 Å². The first-order valence-electron chi connectivity index (χ1n) is 10.3. The predicted octanol–water partition coefficient (Wildman–Crippen LogP) is 2.62. The van der Waals surface area contributed by atoms with Gasteiger partial charge in [-0.1, -0.05) is 0 Å². The molecular weight excluding hydrogens is 419 g/mol. The number of sulfonamides is 1. The van der Waals surface area contributed by atoms with Crippen LogP contribution in [0.3, 0.4) is 0 Å². The molecule has 0 saturated carbocycles. The molecule has 0 spiro atoms. The summed E-state index contributed by atoms with van der Waals surface area (Å²) >= 11 is 0. The number of benzene rings is 2. The van der Waals surface area contributed by atoms with Gasteiger partial charge < -0.3 is 15.1 Å². The fraction of sp³-hybridized carbons (Fsp3) is 0.409. The standard InChI is InChI=1S/C22H29FN4O3S/c1-17(2)25(3)31(29,30)21-10-6-19(7-11-21)24-16-22(28)27-14-12-26(13-15-27)20-8-4-18(23)5-9-20/h4-11,17,24H,12-16H2,1-3H3. The highest BCUT2D eigenvalue weighted by molar-refractivity contribution is 7.89. The molecule has 1 amide bonds. The average molecular weight is 449 g/mol. The molecule has 0 bridgehead atoms. The van der Waals surface area contributed by atoms with Crippen LogP contribution in [0.5, 0.6) is 0 Å². The third-order valence-electron chi connectivity index (χ3n) is 5.53. The summed E-state index contributed by atoms with van der Waals surface area (Å²) in [6.45, 7) is 6.33. The Morgan fingerprint density at radius 1 is 1.03 bits per heavy atom. The lowest BCUT2D eigenvalue weighted by Crippen LogP contribution is -2.50. The van der Waals surface area contributed by atoms with Crippen LogP contribution in [0.4, 0.5) is 15.8 Å². The maximum absolute atomic E-state index is 13.1. The molecule has 1 fully saturated rings. The minimum atomic E-state index is -3.53. The van der Waals surface area contributed by atoms with Gasteiger partial charge in [-0.3, -0.25) is 4.79 Å². The van der Waals surface area contributed by atoms with Gasteiger partial charge in [0.25, 0.3) is 0 Å². The van der Waals surface area contributed by atoms with E-state index in [2.05, 4.69) is 10.2 Å². The van der Waals surface area contributed by atoms with E-state index in [0.29, 0.717) is 31.9 Å². The van der Waals surface area contributed by atoms with Gasteiger partial charge >= 0.3 is 0 Å². The zero-order chi connectivity index (χ0) is 22.6. The van der Waals surface area contributed by atoms with Crippen molar-refractivity contribution in [2.75, 3.05) is 50.0 Å². The first kappa shape index (κ1) is 23.0. The fourth-order valence-corrected chi connectivity index (χ4v) is 4.71. The summed E-state index contributed by atoms with van der Waals surface area (Å²) in [6.07, 6.45) is 0. The van der Waals surface area contributed by atoms with Gasteiger partial charge in [-0.25, -0.2) is 12.8 Å². The van der Waals surface area contributed by atoms with Crippen molar-refractivity contribution in [1.29, 1.82) is 0 Å². The molecule has 0 radical (unpaired) electrons. The largest absolute Gasteiger partial charge is 0.376 e. The smallest absolute Gasteiger partial charge is 0.243 e. The van der Waals surface area contributed by atoms with E-state index in [-0.39, 0.29) is 29.2 Å². The number of nitrogens with one attached hydrogen (secondary N) is 1. The molecule has 2 aromatic carbocycles. The molecule has 1 aliphatic heterocycles. The molecule has 0 aliphatic carbocycles. The number of amides is 1. The van der Waals surface area contributed by atoms with Crippen LogP contribution in [0.25, 0.3) is 0 Å². The molecule has 0 atom stereocenters. The number of carbonyl (C=O) groups excluding carboxylic acids is 1. The summed E-state index contributed by atoms with van der Waals surface area (Å²) in [5.41, 5.74) is 1.63. The Labute approximate surface area is 183 Å². The van der Waals surface area contributed by atoms with Gasteiger partial charge in [-0.2, -0.15) is 4.31 Å². The number of nitrogens with zero attached hydrogens (tertiary/aromatic N) is 3. The summed E-state index contributed by atoms with van der Waals surface area (Å²) in [7, 11) is -1.97. The van der Waals surface area contributed by atoms with Gasteiger partial charge in [0.2, 0.25) is 15.9 Å². The number of piperazine rings is 1. The molecule has 2 aromatic rings. The Morgan fingerprint density at radius 2 is 1.61 bits per heavy atom.